The Labute approximate surface area is 99.3 Å². The van der Waals surface area contributed by atoms with Gasteiger partial charge in [-0.2, -0.15) is 0 Å². The Hall–Kier alpha value is -1.30. The summed E-state index contributed by atoms with van der Waals surface area (Å²) >= 11 is 0. The molecule has 2 aliphatic heterocycles. The zero-order valence-corrected chi connectivity index (χ0v) is 10.0. The topological polar surface area (TPSA) is 49.4 Å². The first-order valence-electron chi connectivity index (χ1n) is 5.56. The summed E-state index contributed by atoms with van der Waals surface area (Å²) in [5, 5.41) is 3.09. The molecule has 6 heteroatoms. The molecule has 0 bridgehead atoms. The fraction of sp³-hybridized carbons (Fsp3) is 0.455. The lowest BCUT2D eigenvalue weighted by Gasteiger charge is -2.42. The average Bonchev–Trinajstić information content (AvgIpc) is 2.27. The highest BCUT2D eigenvalue weighted by molar-refractivity contribution is 7.91. The van der Waals surface area contributed by atoms with Crippen molar-refractivity contribution in [2.24, 2.45) is 0 Å². The van der Waals surface area contributed by atoms with Gasteiger partial charge in [-0.15, -0.1) is 0 Å². The first kappa shape index (κ1) is 10.8. The van der Waals surface area contributed by atoms with Crippen molar-refractivity contribution in [3.05, 3.63) is 24.0 Å². The molecular weight excluding hydrogens is 243 g/mol. The number of nitrogens with one attached hydrogen (secondary N) is 1. The fourth-order valence-corrected chi connectivity index (χ4v) is 4.03. The Morgan fingerprint density at radius 2 is 2.24 bits per heavy atom. The third-order valence-electron chi connectivity index (χ3n) is 3.33. The summed E-state index contributed by atoms with van der Waals surface area (Å²) < 4.78 is 36.2. The molecule has 1 aromatic rings. The predicted molar refractivity (Wildman–Crippen MR) is 64.7 cm³/mol. The lowest BCUT2D eigenvalue weighted by Crippen LogP contribution is -2.54. The van der Waals surface area contributed by atoms with E-state index in [4.69, 9.17) is 0 Å². The van der Waals surface area contributed by atoms with Gasteiger partial charge in [0.05, 0.1) is 28.9 Å². The van der Waals surface area contributed by atoms with Gasteiger partial charge in [0.1, 0.15) is 5.82 Å². The molecule has 4 nitrogen and oxygen atoms in total. The Morgan fingerprint density at radius 3 is 3.06 bits per heavy atom. The normalized spacial score (nSPS) is 25.7. The van der Waals surface area contributed by atoms with E-state index < -0.39 is 9.84 Å². The van der Waals surface area contributed by atoms with Gasteiger partial charge in [-0.1, -0.05) is 0 Å². The molecule has 2 aliphatic rings. The van der Waals surface area contributed by atoms with Crippen molar-refractivity contribution in [2.45, 2.75) is 6.04 Å². The molecule has 92 valence electrons. The van der Waals surface area contributed by atoms with Crippen LogP contribution in [-0.4, -0.2) is 39.1 Å². The summed E-state index contributed by atoms with van der Waals surface area (Å²) in [4.78, 5) is 2.06. The van der Waals surface area contributed by atoms with E-state index in [1.165, 1.54) is 12.1 Å². The lowest BCUT2D eigenvalue weighted by molar-refractivity contribution is 0.558. The molecule has 0 amide bonds. The van der Waals surface area contributed by atoms with E-state index >= 15 is 0 Å². The molecule has 1 fully saturated rings. The maximum atomic E-state index is 13.1. The molecule has 0 saturated carbocycles. The Balaban J connectivity index is 1.98. The summed E-state index contributed by atoms with van der Waals surface area (Å²) in [5.74, 6) is 0.0799. The van der Waals surface area contributed by atoms with Crippen LogP contribution in [0.15, 0.2) is 18.2 Å². The van der Waals surface area contributed by atoms with Crippen LogP contribution in [0.2, 0.25) is 0 Å². The van der Waals surface area contributed by atoms with Crippen LogP contribution in [-0.2, 0) is 9.84 Å². The second-order valence-corrected chi connectivity index (χ2v) is 6.73. The molecule has 0 spiro atoms. The van der Waals surface area contributed by atoms with E-state index in [1.807, 2.05) is 0 Å². The number of nitrogens with zero attached hydrogens (tertiary/aromatic N) is 1. The molecule has 3 rings (SSSR count). The summed E-state index contributed by atoms with van der Waals surface area (Å²) in [5.41, 5.74) is 1.65. The van der Waals surface area contributed by atoms with Crippen LogP contribution >= 0.6 is 0 Å². The number of hydrogen-bond donors (Lipinski definition) is 1. The molecule has 1 aromatic carbocycles. The zero-order valence-electron chi connectivity index (χ0n) is 9.19. The average molecular weight is 256 g/mol. The summed E-state index contributed by atoms with van der Waals surface area (Å²) in [6.07, 6.45) is 0. The highest BCUT2D eigenvalue weighted by atomic mass is 32.2. The first-order chi connectivity index (χ1) is 8.05. The van der Waals surface area contributed by atoms with E-state index in [2.05, 4.69) is 10.2 Å². The number of anilines is 2. The molecule has 1 atom stereocenters. The van der Waals surface area contributed by atoms with Gasteiger partial charge in [0.15, 0.2) is 9.84 Å². The molecule has 1 N–H and O–H groups in total. The van der Waals surface area contributed by atoms with Gasteiger partial charge in [0, 0.05) is 13.1 Å². The Bertz CT molecular complexity index is 559. The van der Waals surface area contributed by atoms with E-state index in [1.54, 1.807) is 6.07 Å². The van der Waals surface area contributed by atoms with Gasteiger partial charge in [0.2, 0.25) is 0 Å². The number of halogens is 1. The van der Waals surface area contributed by atoms with Gasteiger partial charge in [-0.3, -0.25) is 0 Å². The molecular formula is C11H13FN2O2S. The smallest absolute Gasteiger partial charge is 0.154 e. The molecule has 2 heterocycles. The lowest BCUT2D eigenvalue weighted by atomic mass is 10.1. The van der Waals surface area contributed by atoms with E-state index in [0.29, 0.717) is 13.1 Å². The molecule has 0 aromatic heterocycles. The number of fused-ring (bicyclic) bond motifs is 3. The Kier molecular flexibility index (Phi) is 2.29. The van der Waals surface area contributed by atoms with Crippen molar-refractivity contribution in [2.75, 3.05) is 34.8 Å². The quantitative estimate of drug-likeness (QED) is 0.748. The van der Waals surface area contributed by atoms with Crippen LogP contribution in [0.5, 0.6) is 0 Å². The maximum absolute atomic E-state index is 13.1. The van der Waals surface area contributed by atoms with Crippen LogP contribution in [0.1, 0.15) is 0 Å². The van der Waals surface area contributed by atoms with Crippen molar-refractivity contribution in [1.29, 1.82) is 0 Å². The van der Waals surface area contributed by atoms with Crippen LogP contribution in [0.3, 0.4) is 0 Å². The van der Waals surface area contributed by atoms with Gasteiger partial charge in [-0.05, 0) is 18.2 Å². The Morgan fingerprint density at radius 1 is 1.41 bits per heavy atom. The summed E-state index contributed by atoms with van der Waals surface area (Å²) in [7, 11) is -2.92. The minimum Gasteiger partial charge on any atom is -0.381 e. The van der Waals surface area contributed by atoms with Gasteiger partial charge >= 0.3 is 0 Å². The van der Waals surface area contributed by atoms with E-state index in [0.717, 1.165) is 11.4 Å². The minimum atomic E-state index is -2.92. The highest BCUT2D eigenvalue weighted by Gasteiger charge is 2.34. The van der Waals surface area contributed by atoms with Crippen molar-refractivity contribution >= 4 is 21.2 Å². The van der Waals surface area contributed by atoms with Crippen molar-refractivity contribution in [3.63, 3.8) is 0 Å². The molecule has 1 unspecified atom stereocenters. The largest absolute Gasteiger partial charge is 0.381 e. The van der Waals surface area contributed by atoms with Crippen molar-refractivity contribution in [3.8, 4) is 0 Å². The zero-order chi connectivity index (χ0) is 12.0. The minimum absolute atomic E-state index is 0.0355. The van der Waals surface area contributed by atoms with Crippen LogP contribution in [0.4, 0.5) is 15.8 Å². The van der Waals surface area contributed by atoms with Crippen molar-refractivity contribution < 1.29 is 12.8 Å². The number of hydrogen-bond acceptors (Lipinski definition) is 4. The first-order valence-corrected chi connectivity index (χ1v) is 7.38. The molecule has 0 aliphatic carbocycles. The SMILES string of the molecule is O=S1(=O)CCN2c3ccc(F)cc3NCC2C1. The standard InChI is InChI=1S/C11H13FN2O2S/c12-8-1-2-11-10(5-8)13-6-9-7-17(15,16)4-3-14(9)11/h1-2,5,9,13H,3-4,6-7H2. The monoisotopic (exact) mass is 256 g/mol. The second-order valence-electron chi connectivity index (χ2n) is 4.50. The number of rotatable bonds is 0. The van der Waals surface area contributed by atoms with E-state index in [-0.39, 0.29) is 23.4 Å². The number of sulfone groups is 1. The third kappa shape index (κ3) is 1.86. The van der Waals surface area contributed by atoms with Crippen LogP contribution < -0.4 is 10.2 Å². The second kappa shape index (κ2) is 3.60. The van der Waals surface area contributed by atoms with Gasteiger partial charge in [-0.25, -0.2) is 12.8 Å². The maximum Gasteiger partial charge on any atom is 0.154 e. The van der Waals surface area contributed by atoms with Crippen LogP contribution in [0, 0.1) is 5.82 Å². The van der Waals surface area contributed by atoms with Gasteiger partial charge in [0.25, 0.3) is 0 Å². The van der Waals surface area contributed by atoms with Gasteiger partial charge < -0.3 is 10.2 Å². The summed E-state index contributed by atoms with van der Waals surface area (Å²) in [6.45, 7) is 1.04. The number of benzene rings is 1. The van der Waals surface area contributed by atoms with Crippen molar-refractivity contribution in [1.82, 2.24) is 0 Å². The molecule has 1 saturated heterocycles. The predicted octanol–water partition coefficient (Wildman–Crippen LogP) is 0.855. The fourth-order valence-electron chi connectivity index (χ4n) is 2.50. The van der Waals surface area contributed by atoms with Crippen LogP contribution in [0.25, 0.3) is 0 Å². The highest BCUT2D eigenvalue weighted by Crippen LogP contribution is 2.33. The molecule has 17 heavy (non-hydrogen) atoms. The molecule has 0 radical (unpaired) electrons. The summed E-state index contributed by atoms with van der Waals surface area (Å²) in [6, 6.07) is 4.54. The third-order valence-corrected chi connectivity index (χ3v) is 5.02. The van der Waals surface area contributed by atoms with E-state index in [9.17, 15) is 12.8 Å².